The molecule has 1 unspecified atom stereocenters. The van der Waals surface area contributed by atoms with Crippen molar-refractivity contribution in [2.75, 3.05) is 14.1 Å². The Balaban J connectivity index is 1.69. The highest BCUT2D eigenvalue weighted by atomic mass is 32.1. The lowest BCUT2D eigenvalue weighted by Gasteiger charge is -2.29. The van der Waals surface area contributed by atoms with Crippen LogP contribution in [0.15, 0.2) is 36.4 Å². The van der Waals surface area contributed by atoms with Crippen LogP contribution in [-0.4, -0.2) is 33.5 Å². The maximum Gasteiger partial charge on any atom is 0.151 e. The van der Waals surface area contributed by atoms with Gasteiger partial charge < -0.3 is 14.2 Å². The first-order valence-corrected chi connectivity index (χ1v) is 10.4. The minimum atomic E-state index is 0.0615. The second-order valence-electron chi connectivity index (χ2n) is 8.16. The molecule has 1 aromatic heterocycles. The van der Waals surface area contributed by atoms with Crippen molar-refractivity contribution in [3.05, 3.63) is 58.9 Å². The lowest BCUT2D eigenvalue weighted by atomic mass is 9.93. The van der Waals surface area contributed by atoms with Gasteiger partial charge in [0, 0.05) is 38.2 Å². The first-order valence-electron chi connectivity index (χ1n) is 10.00. The van der Waals surface area contributed by atoms with E-state index in [1.165, 1.54) is 29.8 Å². The predicted octanol–water partition coefficient (Wildman–Crippen LogP) is 4.75. The quantitative estimate of drug-likeness (QED) is 0.603. The fourth-order valence-electron chi connectivity index (χ4n) is 4.24. The van der Waals surface area contributed by atoms with Crippen LogP contribution in [0.3, 0.4) is 0 Å². The van der Waals surface area contributed by atoms with Crippen molar-refractivity contribution in [1.82, 2.24) is 14.5 Å². The molecule has 2 heterocycles. The first kappa shape index (κ1) is 17.7. The van der Waals surface area contributed by atoms with E-state index in [0.717, 1.165) is 40.2 Å². The predicted molar refractivity (Wildman–Crippen MR) is 116 cm³/mol. The lowest BCUT2D eigenvalue weighted by molar-refractivity contribution is 0.179. The highest BCUT2D eigenvalue weighted by Gasteiger charge is 2.33. The number of imidazole rings is 1. The standard InChI is InChI=1S/C23H25N3OS/c1-25(2)23(28)17-13-18-20(24-22(26(18)3)15-9-10-15)21-16(17)11-12-19(27-21)14-7-5-4-6-8-14/h4-8,13,15,19H,9-12H2,1-3H3. The summed E-state index contributed by atoms with van der Waals surface area (Å²) in [4.78, 5) is 7.91. The fourth-order valence-corrected chi connectivity index (χ4v) is 4.43. The SMILES string of the molecule is CN(C)C(=S)c1cc2c(nc(C3CC3)n2C)c2c1CCC(c1ccccc1)O2. The van der Waals surface area contributed by atoms with Crippen LogP contribution in [0.2, 0.25) is 0 Å². The summed E-state index contributed by atoms with van der Waals surface area (Å²) in [5.41, 5.74) is 5.65. The molecule has 0 bridgehead atoms. The summed E-state index contributed by atoms with van der Waals surface area (Å²) in [6.45, 7) is 0. The van der Waals surface area contributed by atoms with Crippen molar-refractivity contribution in [2.45, 2.75) is 37.7 Å². The maximum absolute atomic E-state index is 6.62. The topological polar surface area (TPSA) is 30.3 Å². The van der Waals surface area contributed by atoms with E-state index < -0.39 is 0 Å². The minimum Gasteiger partial charge on any atom is -0.483 e. The van der Waals surface area contributed by atoms with Crippen molar-refractivity contribution in [2.24, 2.45) is 7.05 Å². The number of rotatable bonds is 3. The molecule has 2 aliphatic rings. The number of ether oxygens (including phenoxy) is 1. The summed E-state index contributed by atoms with van der Waals surface area (Å²) >= 11 is 5.77. The van der Waals surface area contributed by atoms with Gasteiger partial charge >= 0.3 is 0 Å². The van der Waals surface area contributed by atoms with Crippen LogP contribution in [-0.2, 0) is 13.5 Å². The van der Waals surface area contributed by atoms with Gasteiger partial charge in [-0.1, -0.05) is 42.5 Å². The molecule has 5 rings (SSSR count). The summed E-state index contributed by atoms with van der Waals surface area (Å²) in [5, 5.41) is 0. The molecule has 0 spiro atoms. The molecule has 1 saturated carbocycles. The van der Waals surface area contributed by atoms with Crippen molar-refractivity contribution >= 4 is 28.2 Å². The summed E-state index contributed by atoms with van der Waals surface area (Å²) in [7, 11) is 6.14. The molecule has 0 radical (unpaired) electrons. The fraction of sp³-hybridized carbons (Fsp3) is 0.391. The average molecular weight is 392 g/mol. The normalized spacial score (nSPS) is 18.6. The van der Waals surface area contributed by atoms with Crippen molar-refractivity contribution < 1.29 is 4.74 Å². The van der Waals surface area contributed by atoms with E-state index in [0.29, 0.717) is 5.92 Å². The minimum absolute atomic E-state index is 0.0615. The summed E-state index contributed by atoms with van der Waals surface area (Å²) < 4.78 is 8.86. The third kappa shape index (κ3) is 2.80. The molecule has 0 amide bonds. The van der Waals surface area contributed by atoms with Crippen LogP contribution < -0.4 is 4.74 Å². The molecule has 0 N–H and O–H groups in total. The Labute approximate surface area is 171 Å². The third-order valence-electron chi connectivity index (χ3n) is 5.94. The molecule has 144 valence electrons. The van der Waals surface area contributed by atoms with Crippen molar-refractivity contribution in [3.63, 3.8) is 0 Å². The zero-order chi connectivity index (χ0) is 19.4. The van der Waals surface area contributed by atoms with Crippen LogP contribution in [0.25, 0.3) is 11.0 Å². The zero-order valence-electron chi connectivity index (χ0n) is 16.6. The van der Waals surface area contributed by atoms with Gasteiger partial charge in [0.2, 0.25) is 0 Å². The number of hydrogen-bond donors (Lipinski definition) is 0. The van der Waals surface area contributed by atoms with E-state index in [9.17, 15) is 0 Å². The van der Waals surface area contributed by atoms with Gasteiger partial charge in [-0.25, -0.2) is 4.98 Å². The molecular formula is C23H25N3OS. The highest BCUT2D eigenvalue weighted by Crippen LogP contribution is 2.45. The maximum atomic E-state index is 6.62. The largest absolute Gasteiger partial charge is 0.483 e. The molecule has 1 fully saturated rings. The van der Waals surface area contributed by atoms with E-state index in [2.05, 4.69) is 41.9 Å². The Hall–Kier alpha value is -2.40. The second-order valence-corrected chi connectivity index (χ2v) is 8.54. The first-order chi connectivity index (χ1) is 13.5. The number of fused-ring (bicyclic) bond motifs is 3. The van der Waals surface area contributed by atoms with E-state index >= 15 is 0 Å². The van der Waals surface area contributed by atoms with E-state index in [4.69, 9.17) is 21.9 Å². The number of nitrogens with zero attached hydrogens (tertiary/aromatic N) is 3. The summed E-state index contributed by atoms with van der Waals surface area (Å²) in [6, 6.07) is 12.7. The molecule has 2 aromatic carbocycles. The molecule has 1 aliphatic heterocycles. The number of aromatic nitrogens is 2. The van der Waals surface area contributed by atoms with Crippen LogP contribution >= 0.6 is 12.2 Å². The van der Waals surface area contributed by atoms with Gasteiger partial charge in [-0.3, -0.25) is 0 Å². The molecule has 1 atom stereocenters. The smallest absolute Gasteiger partial charge is 0.151 e. The van der Waals surface area contributed by atoms with Crippen LogP contribution in [0.1, 0.15) is 53.8 Å². The molecule has 5 heteroatoms. The van der Waals surface area contributed by atoms with Crippen molar-refractivity contribution in [3.8, 4) is 5.75 Å². The average Bonchev–Trinajstić information content (AvgIpc) is 3.51. The van der Waals surface area contributed by atoms with Gasteiger partial charge in [-0.2, -0.15) is 0 Å². The summed E-state index contributed by atoms with van der Waals surface area (Å²) in [5.74, 6) is 2.70. The van der Waals surface area contributed by atoms with E-state index in [-0.39, 0.29) is 6.10 Å². The van der Waals surface area contributed by atoms with Crippen molar-refractivity contribution in [1.29, 1.82) is 0 Å². The molecule has 1 aliphatic carbocycles. The highest BCUT2D eigenvalue weighted by molar-refractivity contribution is 7.80. The molecular weight excluding hydrogens is 366 g/mol. The third-order valence-corrected chi connectivity index (χ3v) is 6.52. The number of aryl methyl sites for hydroxylation is 1. The second kappa shape index (κ2) is 6.59. The van der Waals surface area contributed by atoms with E-state index in [1.807, 2.05) is 25.1 Å². The van der Waals surface area contributed by atoms with Gasteiger partial charge in [-0.15, -0.1) is 0 Å². The lowest BCUT2D eigenvalue weighted by Crippen LogP contribution is -2.24. The van der Waals surface area contributed by atoms with Gasteiger partial charge in [-0.05, 0) is 37.3 Å². The summed E-state index contributed by atoms with van der Waals surface area (Å²) in [6.07, 6.45) is 4.43. The zero-order valence-corrected chi connectivity index (χ0v) is 17.4. The Bertz CT molecular complexity index is 1070. The molecule has 4 nitrogen and oxygen atoms in total. The number of hydrogen-bond acceptors (Lipinski definition) is 3. The number of benzene rings is 2. The molecule has 3 aromatic rings. The Morgan fingerprint density at radius 3 is 2.61 bits per heavy atom. The van der Waals surface area contributed by atoms with Crippen LogP contribution in [0.5, 0.6) is 5.75 Å². The monoisotopic (exact) mass is 391 g/mol. The Morgan fingerprint density at radius 2 is 1.93 bits per heavy atom. The van der Waals surface area contributed by atoms with Crippen LogP contribution in [0.4, 0.5) is 0 Å². The van der Waals surface area contributed by atoms with Crippen LogP contribution in [0, 0.1) is 0 Å². The van der Waals surface area contributed by atoms with E-state index in [1.54, 1.807) is 0 Å². The van der Waals surface area contributed by atoms with Gasteiger partial charge in [0.15, 0.2) is 5.75 Å². The molecule has 0 saturated heterocycles. The molecule has 28 heavy (non-hydrogen) atoms. The van der Waals surface area contributed by atoms with Gasteiger partial charge in [0.1, 0.15) is 22.4 Å². The number of thiocarbonyl (C=S) groups is 1. The van der Waals surface area contributed by atoms with Gasteiger partial charge in [0.25, 0.3) is 0 Å². The van der Waals surface area contributed by atoms with Gasteiger partial charge in [0.05, 0.1) is 5.52 Å². The Kier molecular flexibility index (Phi) is 4.16. The Morgan fingerprint density at radius 1 is 1.18 bits per heavy atom.